The molecular weight excluding hydrogens is 226 g/mol. The Morgan fingerprint density at radius 2 is 2.17 bits per heavy atom. The highest BCUT2D eigenvalue weighted by molar-refractivity contribution is 5.79. The summed E-state index contributed by atoms with van der Waals surface area (Å²) in [6.07, 6.45) is 0. The van der Waals surface area contributed by atoms with E-state index in [4.69, 9.17) is 10.6 Å². The molecule has 0 saturated heterocycles. The summed E-state index contributed by atoms with van der Waals surface area (Å²) >= 11 is 0. The molecule has 0 aliphatic rings. The third kappa shape index (κ3) is 2.85. The van der Waals surface area contributed by atoms with Crippen LogP contribution < -0.4 is 11.3 Å². The zero-order valence-electron chi connectivity index (χ0n) is 10.8. The fraction of sp³-hybridized carbons (Fsp3) is 0.357. The van der Waals surface area contributed by atoms with E-state index in [1.54, 1.807) is 0 Å². The molecule has 0 aliphatic heterocycles. The van der Waals surface area contributed by atoms with Gasteiger partial charge in [-0.05, 0) is 37.6 Å². The smallest absolute Gasteiger partial charge is 0.0705 e. The number of hydrogen-bond donors (Lipinski definition) is 2. The predicted octanol–water partition coefficient (Wildman–Crippen LogP) is 2.08. The van der Waals surface area contributed by atoms with E-state index in [1.165, 1.54) is 0 Å². The molecule has 0 radical (unpaired) electrons. The number of ether oxygens (including phenoxy) is 1. The third-order valence-electron chi connectivity index (χ3n) is 2.94. The number of nitrogens with zero attached hydrogens (tertiary/aromatic N) is 1. The number of hydrogen-bond acceptors (Lipinski definition) is 4. The van der Waals surface area contributed by atoms with E-state index in [-0.39, 0.29) is 6.04 Å². The second-order valence-corrected chi connectivity index (χ2v) is 4.28. The maximum atomic E-state index is 5.57. The second-order valence-electron chi connectivity index (χ2n) is 4.28. The molecular formula is C14H19N3O. The summed E-state index contributed by atoms with van der Waals surface area (Å²) in [6.45, 7) is 5.22. The monoisotopic (exact) mass is 245 g/mol. The van der Waals surface area contributed by atoms with Crippen molar-refractivity contribution >= 4 is 10.9 Å². The first kappa shape index (κ1) is 13.0. The Bertz CT molecular complexity index is 527. The summed E-state index contributed by atoms with van der Waals surface area (Å²) in [5, 5.41) is 1.12. The number of rotatable bonds is 5. The molecule has 0 saturated carbocycles. The third-order valence-corrected chi connectivity index (χ3v) is 2.94. The fourth-order valence-electron chi connectivity index (χ4n) is 1.94. The van der Waals surface area contributed by atoms with Gasteiger partial charge >= 0.3 is 0 Å². The maximum absolute atomic E-state index is 5.57. The molecule has 18 heavy (non-hydrogen) atoms. The van der Waals surface area contributed by atoms with Gasteiger partial charge in [0, 0.05) is 17.7 Å². The van der Waals surface area contributed by atoms with Crippen molar-refractivity contribution in [2.75, 3.05) is 13.2 Å². The van der Waals surface area contributed by atoms with Crippen molar-refractivity contribution in [3.05, 3.63) is 41.6 Å². The van der Waals surface area contributed by atoms with Gasteiger partial charge in [0.2, 0.25) is 0 Å². The Kier molecular flexibility index (Phi) is 4.25. The van der Waals surface area contributed by atoms with Crippen LogP contribution in [0.25, 0.3) is 10.9 Å². The SMILES string of the molecule is CCOCC(NN)c1ccc2nc(C)ccc2c1. The molecule has 0 spiro atoms. The summed E-state index contributed by atoms with van der Waals surface area (Å²) < 4.78 is 5.41. The van der Waals surface area contributed by atoms with E-state index in [1.807, 2.05) is 32.0 Å². The van der Waals surface area contributed by atoms with Crippen molar-refractivity contribution in [1.82, 2.24) is 10.4 Å². The van der Waals surface area contributed by atoms with Gasteiger partial charge in [-0.25, -0.2) is 0 Å². The summed E-state index contributed by atoms with van der Waals surface area (Å²) in [5.41, 5.74) is 5.93. The van der Waals surface area contributed by atoms with Gasteiger partial charge in [-0.1, -0.05) is 12.1 Å². The summed E-state index contributed by atoms with van der Waals surface area (Å²) in [7, 11) is 0. The number of benzene rings is 1. The lowest BCUT2D eigenvalue weighted by Crippen LogP contribution is -2.31. The van der Waals surface area contributed by atoms with E-state index in [0.717, 1.165) is 22.2 Å². The largest absolute Gasteiger partial charge is 0.380 e. The molecule has 0 bridgehead atoms. The Hall–Kier alpha value is -1.49. The molecule has 96 valence electrons. The molecule has 0 amide bonds. The van der Waals surface area contributed by atoms with Gasteiger partial charge in [-0.3, -0.25) is 16.3 Å². The second kappa shape index (κ2) is 5.91. The van der Waals surface area contributed by atoms with E-state index in [0.29, 0.717) is 13.2 Å². The van der Waals surface area contributed by atoms with Gasteiger partial charge in [0.15, 0.2) is 0 Å². The number of fused-ring (bicyclic) bond motifs is 1. The van der Waals surface area contributed by atoms with Crippen LogP contribution in [-0.2, 0) is 4.74 Å². The molecule has 1 aromatic carbocycles. The van der Waals surface area contributed by atoms with E-state index >= 15 is 0 Å². The highest BCUT2D eigenvalue weighted by atomic mass is 16.5. The van der Waals surface area contributed by atoms with Gasteiger partial charge < -0.3 is 4.74 Å². The maximum Gasteiger partial charge on any atom is 0.0705 e. The number of hydrazine groups is 1. The van der Waals surface area contributed by atoms with Crippen LogP contribution in [0.3, 0.4) is 0 Å². The quantitative estimate of drug-likeness (QED) is 0.625. The van der Waals surface area contributed by atoms with Crippen molar-refractivity contribution < 1.29 is 4.74 Å². The van der Waals surface area contributed by atoms with Gasteiger partial charge in [0.1, 0.15) is 0 Å². The Morgan fingerprint density at radius 3 is 2.89 bits per heavy atom. The van der Waals surface area contributed by atoms with Crippen LogP contribution in [0.4, 0.5) is 0 Å². The summed E-state index contributed by atoms with van der Waals surface area (Å²) in [5.74, 6) is 5.57. The van der Waals surface area contributed by atoms with E-state index in [9.17, 15) is 0 Å². The number of pyridine rings is 1. The first-order valence-electron chi connectivity index (χ1n) is 6.15. The molecule has 1 heterocycles. The highest BCUT2D eigenvalue weighted by Gasteiger charge is 2.10. The average Bonchev–Trinajstić information content (AvgIpc) is 2.39. The number of nitrogens with two attached hydrogens (primary N) is 1. The number of aromatic nitrogens is 1. The highest BCUT2D eigenvalue weighted by Crippen LogP contribution is 2.19. The molecule has 1 aromatic heterocycles. The van der Waals surface area contributed by atoms with Gasteiger partial charge in [0.25, 0.3) is 0 Å². The minimum atomic E-state index is 0.00986. The number of nitrogens with one attached hydrogen (secondary N) is 1. The molecule has 4 heteroatoms. The molecule has 1 unspecified atom stereocenters. The van der Waals surface area contributed by atoms with Crippen LogP contribution in [0.15, 0.2) is 30.3 Å². The minimum Gasteiger partial charge on any atom is -0.380 e. The standard InChI is InChI=1S/C14H19N3O/c1-3-18-9-14(17-15)12-6-7-13-11(8-12)5-4-10(2)16-13/h4-8,14,17H,3,9,15H2,1-2H3. The first-order chi connectivity index (χ1) is 8.74. The van der Waals surface area contributed by atoms with Crippen LogP contribution in [-0.4, -0.2) is 18.2 Å². The lowest BCUT2D eigenvalue weighted by atomic mass is 10.0. The van der Waals surface area contributed by atoms with Gasteiger partial charge in [-0.15, -0.1) is 0 Å². The van der Waals surface area contributed by atoms with Crippen molar-refractivity contribution in [2.24, 2.45) is 5.84 Å². The molecule has 3 N–H and O–H groups in total. The van der Waals surface area contributed by atoms with E-state index < -0.39 is 0 Å². The van der Waals surface area contributed by atoms with Crippen LogP contribution in [0.5, 0.6) is 0 Å². The molecule has 0 fully saturated rings. The topological polar surface area (TPSA) is 60.2 Å². The normalized spacial score (nSPS) is 12.8. The van der Waals surface area contributed by atoms with Crippen LogP contribution in [0, 0.1) is 6.92 Å². The van der Waals surface area contributed by atoms with Crippen LogP contribution in [0.2, 0.25) is 0 Å². The molecule has 4 nitrogen and oxygen atoms in total. The molecule has 2 aromatic rings. The Labute approximate surface area is 107 Å². The zero-order valence-corrected chi connectivity index (χ0v) is 10.8. The molecule has 0 aliphatic carbocycles. The number of aryl methyl sites for hydroxylation is 1. The van der Waals surface area contributed by atoms with Crippen molar-refractivity contribution in [3.63, 3.8) is 0 Å². The van der Waals surface area contributed by atoms with Crippen LogP contribution >= 0.6 is 0 Å². The fourth-order valence-corrected chi connectivity index (χ4v) is 1.94. The lowest BCUT2D eigenvalue weighted by molar-refractivity contribution is 0.123. The molecule has 2 rings (SSSR count). The summed E-state index contributed by atoms with van der Waals surface area (Å²) in [6, 6.07) is 10.3. The zero-order chi connectivity index (χ0) is 13.0. The van der Waals surface area contributed by atoms with Crippen molar-refractivity contribution in [3.8, 4) is 0 Å². The van der Waals surface area contributed by atoms with E-state index in [2.05, 4.69) is 22.5 Å². The predicted molar refractivity (Wildman–Crippen MR) is 73.0 cm³/mol. The lowest BCUT2D eigenvalue weighted by Gasteiger charge is -2.16. The average molecular weight is 245 g/mol. The van der Waals surface area contributed by atoms with Crippen LogP contribution in [0.1, 0.15) is 24.2 Å². The summed E-state index contributed by atoms with van der Waals surface area (Å²) in [4.78, 5) is 4.48. The van der Waals surface area contributed by atoms with Gasteiger partial charge in [0.05, 0.1) is 18.2 Å². The molecule has 1 atom stereocenters. The Morgan fingerprint density at radius 1 is 1.33 bits per heavy atom. The van der Waals surface area contributed by atoms with Crippen molar-refractivity contribution in [2.45, 2.75) is 19.9 Å². The Balaban J connectivity index is 2.30. The minimum absolute atomic E-state index is 0.00986. The van der Waals surface area contributed by atoms with Crippen molar-refractivity contribution in [1.29, 1.82) is 0 Å². The first-order valence-corrected chi connectivity index (χ1v) is 6.15. The van der Waals surface area contributed by atoms with Gasteiger partial charge in [-0.2, -0.15) is 0 Å².